The Morgan fingerprint density at radius 1 is 1.11 bits per heavy atom. The molecule has 0 saturated carbocycles. The lowest BCUT2D eigenvalue weighted by molar-refractivity contribution is -0.137. The molecule has 0 bridgehead atoms. The molecule has 28 heavy (non-hydrogen) atoms. The maximum Gasteiger partial charge on any atom is 0.416 e. The molecule has 0 saturated heterocycles. The molecule has 4 rings (SSSR count). The Kier molecular flexibility index (Phi) is 4.06. The highest BCUT2D eigenvalue weighted by Gasteiger charge is 2.34. The third-order valence-electron chi connectivity index (χ3n) is 4.62. The fourth-order valence-corrected chi connectivity index (χ4v) is 3.36. The lowest BCUT2D eigenvalue weighted by atomic mass is 9.85. The highest BCUT2D eigenvalue weighted by atomic mass is 19.4. The zero-order valence-corrected chi connectivity index (χ0v) is 14.5. The molecule has 1 atom stereocenters. The normalized spacial score (nSPS) is 16.6. The van der Waals surface area contributed by atoms with Gasteiger partial charge in [0.1, 0.15) is 5.82 Å². The van der Waals surface area contributed by atoms with Crippen molar-refractivity contribution in [2.24, 2.45) is 0 Å². The molecule has 7 nitrogen and oxygen atoms in total. The number of nitrogens with one attached hydrogen (secondary N) is 2. The molecule has 1 aliphatic heterocycles. The SMILES string of the molecule is Cc1nn(-c2ccc(=O)[nH]n2)c2c1C(c1ccc(C(F)(F)F)cc1)CC(=O)N2. The smallest absolute Gasteiger partial charge is 0.310 e. The largest absolute Gasteiger partial charge is 0.416 e. The molecular formula is C18H14F3N5O2. The van der Waals surface area contributed by atoms with Crippen LogP contribution >= 0.6 is 0 Å². The van der Waals surface area contributed by atoms with Gasteiger partial charge in [0.05, 0.1) is 11.3 Å². The van der Waals surface area contributed by atoms with Crippen LogP contribution in [0.2, 0.25) is 0 Å². The van der Waals surface area contributed by atoms with Crippen LogP contribution < -0.4 is 10.9 Å². The molecule has 0 aliphatic carbocycles. The van der Waals surface area contributed by atoms with Gasteiger partial charge in [0.25, 0.3) is 5.56 Å². The molecular weight excluding hydrogens is 375 g/mol. The van der Waals surface area contributed by atoms with Crippen molar-refractivity contribution in [3.63, 3.8) is 0 Å². The van der Waals surface area contributed by atoms with Gasteiger partial charge in [0.15, 0.2) is 5.82 Å². The van der Waals surface area contributed by atoms with Gasteiger partial charge in [-0.05, 0) is 30.7 Å². The summed E-state index contributed by atoms with van der Waals surface area (Å²) in [4.78, 5) is 23.5. The van der Waals surface area contributed by atoms with Gasteiger partial charge in [-0.1, -0.05) is 12.1 Å². The van der Waals surface area contributed by atoms with Crippen molar-refractivity contribution < 1.29 is 18.0 Å². The minimum atomic E-state index is -4.43. The van der Waals surface area contributed by atoms with Crippen LogP contribution in [0.4, 0.5) is 19.0 Å². The third kappa shape index (κ3) is 3.06. The summed E-state index contributed by atoms with van der Waals surface area (Å²) in [5.41, 5.74) is 0.760. The van der Waals surface area contributed by atoms with E-state index in [1.165, 1.54) is 28.9 Å². The van der Waals surface area contributed by atoms with Crippen LogP contribution in [0.15, 0.2) is 41.2 Å². The predicted octanol–water partition coefficient (Wildman–Crippen LogP) is 2.76. The molecule has 1 amide bonds. The molecule has 2 aromatic heterocycles. The zero-order valence-electron chi connectivity index (χ0n) is 14.5. The fourth-order valence-electron chi connectivity index (χ4n) is 3.36. The lowest BCUT2D eigenvalue weighted by Crippen LogP contribution is -2.25. The van der Waals surface area contributed by atoms with Gasteiger partial charge in [0.2, 0.25) is 5.91 Å². The molecule has 1 aliphatic rings. The molecule has 2 N–H and O–H groups in total. The first-order chi connectivity index (χ1) is 13.2. The summed E-state index contributed by atoms with van der Waals surface area (Å²) in [7, 11) is 0. The van der Waals surface area contributed by atoms with Crippen molar-refractivity contribution in [1.82, 2.24) is 20.0 Å². The third-order valence-corrected chi connectivity index (χ3v) is 4.62. The molecule has 0 radical (unpaired) electrons. The second-order valence-electron chi connectivity index (χ2n) is 6.46. The Morgan fingerprint density at radius 2 is 1.82 bits per heavy atom. The monoisotopic (exact) mass is 389 g/mol. The first-order valence-corrected chi connectivity index (χ1v) is 8.36. The van der Waals surface area contributed by atoms with E-state index in [1.54, 1.807) is 6.92 Å². The molecule has 3 aromatic rings. The molecule has 1 aromatic carbocycles. The topological polar surface area (TPSA) is 92.7 Å². The Bertz CT molecular complexity index is 1100. The number of halogens is 3. The Hall–Kier alpha value is -3.43. The van der Waals surface area contributed by atoms with Crippen LogP contribution in [-0.4, -0.2) is 25.9 Å². The number of carbonyl (C=O) groups excluding carboxylic acids is 1. The van der Waals surface area contributed by atoms with Crippen molar-refractivity contribution >= 4 is 11.7 Å². The number of rotatable bonds is 2. The number of nitrogens with zero attached hydrogens (tertiary/aromatic N) is 3. The van der Waals surface area contributed by atoms with E-state index in [0.29, 0.717) is 28.5 Å². The number of H-pyrrole nitrogens is 1. The average molecular weight is 389 g/mol. The van der Waals surface area contributed by atoms with Gasteiger partial charge in [-0.3, -0.25) is 9.59 Å². The second kappa shape index (κ2) is 6.32. The van der Waals surface area contributed by atoms with E-state index in [9.17, 15) is 22.8 Å². The first-order valence-electron chi connectivity index (χ1n) is 8.36. The number of alkyl halides is 3. The van der Waals surface area contributed by atoms with E-state index < -0.39 is 17.7 Å². The summed E-state index contributed by atoms with van der Waals surface area (Å²) in [5.74, 6) is -0.0407. The minimum absolute atomic E-state index is 0.0873. The standard InChI is InChI=1S/C18H14F3N5O2/c1-9-16-12(10-2-4-11(5-3-10)18(19,20)21)8-15(28)22-17(16)26(25-9)13-6-7-14(27)24-23-13/h2-7,12H,8H2,1H3,(H,22,28)(H,24,27). The summed E-state index contributed by atoms with van der Waals surface area (Å²) < 4.78 is 39.9. The molecule has 144 valence electrons. The zero-order chi connectivity index (χ0) is 20.1. The maximum absolute atomic E-state index is 12.8. The Morgan fingerprint density at radius 3 is 2.43 bits per heavy atom. The average Bonchev–Trinajstić information content (AvgIpc) is 2.97. The van der Waals surface area contributed by atoms with E-state index in [1.807, 2.05) is 0 Å². The molecule has 10 heteroatoms. The number of carbonyl (C=O) groups is 1. The van der Waals surface area contributed by atoms with Gasteiger partial charge in [-0.2, -0.15) is 28.1 Å². The number of anilines is 1. The van der Waals surface area contributed by atoms with Gasteiger partial charge >= 0.3 is 6.18 Å². The Balaban J connectivity index is 1.80. The van der Waals surface area contributed by atoms with E-state index >= 15 is 0 Å². The van der Waals surface area contributed by atoms with Crippen LogP contribution in [0, 0.1) is 6.92 Å². The number of aryl methyl sites for hydroxylation is 1. The summed E-state index contributed by atoms with van der Waals surface area (Å²) in [5, 5.41) is 13.4. The van der Waals surface area contributed by atoms with Crippen molar-refractivity contribution in [3.8, 4) is 5.82 Å². The van der Waals surface area contributed by atoms with Crippen molar-refractivity contribution in [1.29, 1.82) is 0 Å². The van der Waals surface area contributed by atoms with Crippen LogP contribution in [0.5, 0.6) is 0 Å². The summed E-state index contributed by atoms with van der Waals surface area (Å²) in [6.45, 7) is 1.75. The quantitative estimate of drug-likeness (QED) is 0.705. The highest BCUT2D eigenvalue weighted by molar-refractivity contribution is 5.95. The first kappa shape index (κ1) is 18.0. The number of aromatic amines is 1. The molecule has 0 fully saturated rings. The van der Waals surface area contributed by atoms with Crippen molar-refractivity contribution in [3.05, 3.63) is 69.1 Å². The highest BCUT2D eigenvalue weighted by Crippen LogP contribution is 2.40. The van der Waals surface area contributed by atoms with Gasteiger partial charge in [-0.15, -0.1) is 0 Å². The van der Waals surface area contributed by atoms with Gasteiger partial charge < -0.3 is 5.32 Å². The second-order valence-corrected chi connectivity index (χ2v) is 6.46. The molecule has 3 heterocycles. The number of hydrogen-bond acceptors (Lipinski definition) is 4. The van der Waals surface area contributed by atoms with Crippen molar-refractivity contribution in [2.75, 3.05) is 5.32 Å². The number of amides is 1. The molecule has 0 spiro atoms. The summed E-state index contributed by atoms with van der Waals surface area (Å²) in [6.07, 6.45) is -4.34. The summed E-state index contributed by atoms with van der Waals surface area (Å²) in [6, 6.07) is 7.51. The number of benzene rings is 1. The van der Waals surface area contributed by atoms with E-state index in [0.717, 1.165) is 12.1 Å². The van der Waals surface area contributed by atoms with E-state index in [2.05, 4.69) is 20.6 Å². The predicted molar refractivity (Wildman–Crippen MR) is 93.3 cm³/mol. The Labute approximate surface area is 156 Å². The van der Waals surface area contributed by atoms with Crippen LogP contribution in [0.3, 0.4) is 0 Å². The van der Waals surface area contributed by atoms with Gasteiger partial charge in [-0.25, -0.2) is 5.10 Å². The van der Waals surface area contributed by atoms with Crippen LogP contribution in [0.25, 0.3) is 5.82 Å². The van der Waals surface area contributed by atoms with E-state index in [-0.39, 0.29) is 17.9 Å². The van der Waals surface area contributed by atoms with Gasteiger partial charge in [0, 0.05) is 24.0 Å². The van der Waals surface area contributed by atoms with E-state index in [4.69, 9.17) is 0 Å². The fraction of sp³-hybridized carbons (Fsp3) is 0.222. The maximum atomic E-state index is 12.8. The minimum Gasteiger partial charge on any atom is -0.310 e. The van der Waals surface area contributed by atoms with Crippen LogP contribution in [-0.2, 0) is 11.0 Å². The number of hydrogen-bond donors (Lipinski definition) is 2. The number of aromatic nitrogens is 4. The van der Waals surface area contributed by atoms with Crippen LogP contribution in [0.1, 0.15) is 34.7 Å². The molecule has 1 unspecified atom stereocenters. The number of fused-ring (bicyclic) bond motifs is 1. The lowest BCUT2D eigenvalue weighted by Gasteiger charge is -2.24. The summed E-state index contributed by atoms with van der Waals surface area (Å²) >= 11 is 0. The van der Waals surface area contributed by atoms with Crippen molar-refractivity contribution in [2.45, 2.75) is 25.4 Å².